The highest BCUT2D eigenvalue weighted by Crippen LogP contribution is 2.58. The second-order valence-corrected chi connectivity index (χ2v) is 17.9. The van der Waals surface area contributed by atoms with Gasteiger partial charge in [-0.25, -0.2) is 19.5 Å². The van der Waals surface area contributed by atoms with Crippen molar-refractivity contribution in [3.63, 3.8) is 0 Å². The third-order valence-electron chi connectivity index (χ3n) is 8.96. The zero-order chi connectivity index (χ0) is 35.7. The Labute approximate surface area is 299 Å². The molecule has 25 heteroatoms. The minimum absolute atomic E-state index is 0.0566. The number of ether oxygens (including phenoxy) is 2. The van der Waals surface area contributed by atoms with Crippen LogP contribution in [0.25, 0.3) is 22.2 Å². The van der Waals surface area contributed by atoms with Gasteiger partial charge in [-0.3, -0.25) is 18.1 Å². The van der Waals surface area contributed by atoms with Crippen LogP contribution in [-0.2, 0) is 50.4 Å². The van der Waals surface area contributed by atoms with Crippen molar-refractivity contribution in [2.45, 2.75) is 61.9 Å². The number of nitrogens with one attached hydrogen (secondary N) is 2. The number of aliphatic hydroxyl groups is 2. The molecule has 4 aromatic rings. The first-order valence-electron chi connectivity index (χ1n) is 15.9. The maximum absolute atomic E-state index is 13.8. The average molecular weight is 788 g/mol. The summed E-state index contributed by atoms with van der Waals surface area (Å²) in [7, 11) is 0. The van der Waals surface area contributed by atoms with Crippen LogP contribution in [0.3, 0.4) is 0 Å². The van der Waals surface area contributed by atoms with E-state index in [1.807, 2.05) is 6.20 Å². The van der Waals surface area contributed by atoms with Gasteiger partial charge in [0, 0.05) is 25.8 Å². The summed E-state index contributed by atoms with van der Waals surface area (Å²) < 4.78 is 52.3. The summed E-state index contributed by atoms with van der Waals surface area (Å²) in [6, 6.07) is 0. The number of aliphatic hydroxyl groups excluding tert-OH is 2. The number of hydrogen-bond donors (Lipinski definition) is 8. The van der Waals surface area contributed by atoms with Gasteiger partial charge in [-0.1, -0.05) is 12.2 Å². The lowest BCUT2D eigenvalue weighted by molar-refractivity contribution is -0.0587. The Balaban J connectivity index is 1.10. The number of hydrogen-bond acceptors (Lipinski definition) is 19. The monoisotopic (exact) mass is 787 g/mol. The highest BCUT2D eigenvalue weighted by Gasteiger charge is 2.53. The van der Waals surface area contributed by atoms with Crippen molar-refractivity contribution in [1.29, 1.82) is 0 Å². The smallest absolute Gasteiger partial charge is 0.386 e. The molecule has 4 aliphatic rings. The Morgan fingerprint density at radius 3 is 2.67 bits per heavy atom. The molecule has 3 fully saturated rings. The standard InChI is InChI=1S/C26H35N11O10P2S2/c27-3-5-30-26-34-20(28)15-23(35-26)37(10-33-15)25-19-16(38)12(44-25)7-42-48(40,50)46-18-13(8-43-49(41,51)47-19)45-24(17(18)39)36-6-11-2-1-4-29-21-14(11)22(36)32-9-31-21/h6,9-10,12-13,16-19,24-25,38-39H,1-5,7-8,27H2,(H,40,50)(H,41,51)(H,29,31,32)(H3,28,30,34,35)/t12-,13-,16-,17-,18-,19-,24?,25-,48?,49?/m1/s1. The van der Waals surface area contributed by atoms with Crippen molar-refractivity contribution < 1.29 is 47.2 Å². The van der Waals surface area contributed by atoms with Crippen LogP contribution in [-0.4, -0.2) is 119 Å². The van der Waals surface area contributed by atoms with Crippen molar-refractivity contribution in [2.75, 3.05) is 49.2 Å². The molecule has 8 heterocycles. The van der Waals surface area contributed by atoms with E-state index in [1.54, 1.807) is 4.57 Å². The summed E-state index contributed by atoms with van der Waals surface area (Å²) >= 11 is 9.55. The van der Waals surface area contributed by atoms with Gasteiger partial charge in [0.25, 0.3) is 0 Å². The largest absolute Gasteiger partial charge is 0.387 e. The third kappa shape index (κ3) is 6.63. The molecule has 4 aliphatic heterocycles. The maximum atomic E-state index is 13.8. The summed E-state index contributed by atoms with van der Waals surface area (Å²) in [6.07, 6.45) is -4.22. The molecule has 0 aromatic carbocycles. The second kappa shape index (κ2) is 13.7. The zero-order valence-corrected chi connectivity index (χ0v) is 30.0. The normalized spacial score (nSPS) is 35.8. The van der Waals surface area contributed by atoms with Crippen LogP contribution >= 0.6 is 25.8 Å². The number of aromatic nitrogens is 7. The Morgan fingerprint density at radius 2 is 1.84 bits per heavy atom. The predicted octanol–water partition coefficient (Wildman–Crippen LogP) is 0.171. The molecular formula is C26H35N11O10P2S2. The number of anilines is 3. The molecule has 3 saturated heterocycles. The van der Waals surface area contributed by atoms with E-state index in [1.165, 1.54) is 17.2 Å². The molecule has 0 radical (unpaired) electrons. The first-order chi connectivity index (χ1) is 24.4. The zero-order valence-electron chi connectivity index (χ0n) is 26.5. The van der Waals surface area contributed by atoms with E-state index >= 15 is 0 Å². The highest BCUT2D eigenvalue weighted by molar-refractivity contribution is 8.44. The van der Waals surface area contributed by atoms with Gasteiger partial charge >= 0.3 is 13.5 Å². The number of aryl methyl sites for hydroxylation is 1. The van der Waals surface area contributed by atoms with Gasteiger partial charge in [-0.05, 0) is 30.2 Å². The fourth-order valence-corrected chi connectivity index (χ4v) is 9.57. The summed E-state index contributed by atoms with van der Waals surface area (Å²) in [6.45, 7) is -8.10. The second-order valence-electron chi connectivity index (χ2n) is 12.3. The third-order valence-corrected chi connectivity index (χ3v) is 12.1. The van der Waals surface area contributed by atoms with Gasteiger partial charge in [-0.15, -0.1) is 0 Å². The summed E-state index contributed by atoms with van der Waals surface area (Å²) in [5, 5.41) is 30.0. The van der Waals surface area contributed by atoms with Gasteiger partial charge in [0.15, 0.2) is 23.9 Å². The molecule has 2 bridgehead atoms. The molecule has 3 unspecified atom stereocenters. The molecule has 0 spiro atoms. The molecule has 10 atom stereocenters. The van der Waals surface area contributed by atoms with Gasteiger partial charge in [-0.2, -0.15) is 9.97 Å². The molecular weight excluding hydrogens is 752 g/mol. The number of thiol groups is 1. The first kappa shape index (κ1) is 35.4. The number of fused-ring (bicyclic) bond motifs is 4. The van der Waals surface area contributed by atoms with Crippen molar-refractivity contribution in [3.8, 4) is 0 Å². The molecule has 8 rings (SSSR count). The minimum Gasteiger partial charge on any atom is -0.387 e. The number of nitrogens with zero attached hydrogens (tertiary/aromatic N) is 7. The van der Waals surface area contributed by atoms with E-state index in [0.29, 0.717) is 24.6 Å². The number of rotatable bonds is 5. The average Bonchev–Trinajstić information content (AvgIpc) is 3.79. The molecule has 0 aliphatic carbocycles. The SMILES string of the molecule is NCCNc1nc(N)c2ncn([C@@H]3O[C@@H]4COP(O)(=S)O[C@@H]5[C@@H](COP(=O)(S)O[C@@H]3[C@@H]4O)OC(n3cc4c6c(ncnc63)NCCC4)[C@@H]5O)c2n1. The maximum Gasteiger partial charge on any atom is 0.386 e. The molecule has 21 nitrogen and oxygen atoms in total. The van der Waals surface area contributed by atoms with Crippen molar-refractivity contribution in [1.82, 2.24) is 34.1 Å². The summed E-state index contributed by atoms with van der Waals surface area (Å²) in [4.78, 5) is 33.0. The molecule has 276 valence electrons. The Hall–Kier alpha value is -2.60. The van der Waals surface area contributed by atoms with Gasteiger partial charge < -0.3 is 55.8 Å². The van der Waals surface area contributed by atoms with E-state index in [9.17, 15) is 19.7 Å². The topological polar surface area (TPSA) is 284 Å². The van der Waals surface area contributed by atoms with Crippen molar-refractivity contribution in [3.05, 3.63) is 24.4 Å². The van der Waals surface area contributed by atoms with Crippen LogP contribution in [0.15, 0.2) is 18.9 Å². The van der Waals surface area contributed by atoms with Gasteiger partial charge in [0.05, 0.1) is 24.9 Å². The van der Waals surface area contributed by atoms with E-state index in [2.05, 4.69) is 47.8 Å². The van der Waals surface area contributed by atoms with E-state index in [0.717, 1.165) is 30.3 Å². The van der Waals surface area contributed by atoms with E-state index in [-0.39, 0.29) is 22.9 Å². The Morgan fingerprint density at radius 1 is 1.04 bits per heavy atom. The van der Waals surface area contributed by atoms with Crippen LogP contribution in [0.2, 0.25) is 0 Å². The van der Waals surface area contributed by atoms with E-state index in [4.69, 9.17) is 50.8 Å². The van der Waals surface area contributed by atoms with Crippen LogP contribution in [0.4, 0.5) is 17.6 Å². The van der Waals surface area contributed by atoms with Gasteiger partial charge in [0.2, 0.25) is 5.95 Å². The van der Waals surface area contributed by atoms with Gasteiger partial charge in [0.1, 0.15) is 59.9 Å². The Bertz CT molecular complexity index is 2060. The molecule has 4 aromatic heterocycles. The molecule has 51 heavy (non-hydrogen) atoms. The molecule has 0 amide bonds. The van der Waals surface area contributed by atoms with E-state index < -0.39 is 75.8 Å². The number of imidazole rings is 1. The molecule has 9 N–H and O–H groups in total. The summed E-state index contributed by atoms with van der Waals surface area (Å²) in [5.41, 5.74) is 13.6. The van der Waals surface area contributed by atoms with Crippen LogP contribution in [0.5, 0.6) is 0 Å². The van der Waals surface area contributed by atoms with Crippen LogP contribution < -0.4 is 22.1 Å². The highest BCUT2D eigenvalue weighted by atomic mass is 32.7. The van der Waals surface area contributed by atoms with Crippen molar-refractivity contribution in [2.24, 2.45) is 5.73 Å². The lowest BCUT2D eigenvalue weighted by Gasteiger charge is -2.27. The number of nitrogen functional groups attached to an aromatic ring is 1. The lowest BCUT2D eigenvalue weighted by atomic mass is 10.1. The molecule has 0 saturated carbocycles. The minimum atomic E-state index is -4.34. The van der Waals surface area contributed by atoms with Crippen molar-refractivity contribution >= 4 is 77.4 Å². The summed E-state index contributed by atoms with van der Waals surface area (Å²) in [5.74, 6) is 0.880. The fraction of sp³-hybridized carbons (Fsp3) is 0.577. The lowest BCUT2D eigenvalue weighted by Crippen LogP contribution is -2.36. The quantitative estimate of drug-likeness (QED) is 0.0988. The first-order valence-corrected chi connectivity index (χ1v) is 21.2. The Kier molecular flexibility index (Phi) is 9.50. The predicted molar refractivity (Wildman–Crippen MR) is 186 cm³/mol. The van der Waals surface area contributed by atoms with Crippen LogP contribution in [0, 0.1) is 0 Å². The number of nitrogens with two attached hydrogens (primary N) is 2. The fourth-order valence-electron chi connectivity index (χ4n) is 6.66. The van der Waals surface area contributed by atoms with Crippen LogP contribution in [0.1, 0.15) is 24.4 Å².